The SMILES string of the molecule is OCCN(CCO)CCO.[Y]. The van der Waals surface area contributed by atoms with Crippen LogP contribution in [0.25, 0.3) is 0 Å². The molecule has 0 saturated carbocycles. The number of aliphatic hydroxyl groups excluding tert-OH is 3. The second-order valence-corrected chi connectivity index (χ2v) is 2.01. The van der Waals surface area contributed by atoms with Gasteiger partial charge in [0.15, 0.2) is 0 Å². The molecule has 5 heteroatoms. The predicted octanol–water partition coefficient (Wildman–Crippen LogP) is -1.74. The van der Waals surface area contributed by atoms with Crippen molar-refractivity contribution in [2.45, 2.75) is 0 Å². The molecule has 65 valence electrons. The zero-order valence-electron chi connectivity index (χ0n) is 6.61. The first kappa shape index (κ1) is 14.5. The van der Waals surface area contributed by atoms with Gasteiger partial charge in [-0.05, 0) is 0 Å². The number of rotatable bonds is 6. The molecular formula is C6H15NO3Y. The van der Waals surface area contributed by atoms with E-state index in [9.17, 15) is 0 Å². The van der Waals surface area contributed by atoms with Crippen LogP contribution < -0.4 is 0 Å². The Labute approximate surface area is 92.1 Å². The van der Waals surface area contributed by atoms with Crippen LogP contribution in [0.4, 0.5) is 0 Å². The monoisotopic (exact) mass is 238 g/mol. The van der Waals surface area contributed by atoms with E-state index in [-0.39, 0.29) is 52.5 Å². The summed E-state index contributed by atoms with van der Waals surface area (Å²) in [4.78, 5) is 1.79. The average Bonchev–Trinajstić information content (AvgIpc) is 1.90. The minimum Gasteiger partial charge on any atom is -0.395 e. The molecule has 0 aliphatic rings. The smallest absolute Gasteiger partial charge is 0.0558 e. The quantitative estimate of drug-likeness (QED) is 0.514. The van der Waals surface area contributed by atoms with Gasteiger partial charge in [0.1, 0.15) is 0 Å². The minimum atomic E-state index is 0. The molecule has 0 aromatic heterocycles. The van der Waals surface area contributed by atoms with E-state index in [2.05, 4.69) is 0 Å². The number of hydrogen-bond acceptors (Lipinski definition) is 4. The van der Waals surface area contributed by atoms with E-state index in [4.69, 9.17) is 15.3 Å². The maximum absolute atomic E-state index is 8.48. The van der Waals surface area contributed by atoms with Gasteiger partial charge in [0.2, 0.25) is 0 Å². The number of nitrogens with zero attached hydrogens (tertiary/aromatic N) is 1. The van der Waals surface area contributed by atoms with Crippen molar-refractivity contribution in [3.8, 4) is 0 Å². The molecule has 3 N–H and O–H groups in total. The van der Waals surface area contributed by atoms with Crippen LogP contribution in [-0.4, -0.2) is 59.7 Å². The first-order chi connectivity index (χ1) is 4.85. The maximum atomic E-state index is 8.48. The summed E-state index contributed by atoms with van der Waals surface area (Å²) in [7, 11) is 0. The standard InChI is InChI=1S/C6H15NO3.Y/c8-4-1-7(2-5-9)3-6-10;/h8-10H,1-6H2;. The summed E-state index contributed by atoms with van der Waals surface area (Å²) in [6.45, 7) is 1.75. The van der Waals surface area contributed by atoms with E-state index in [1.54, 1.807) is 4.90 Å². The third-order valence-corrected chi connectivity index (χ3v) is 1.25. The van der Waals surface area contributed by atoms with Crippen molar-refractivity contribution < 1.29 is 48.0 Å². The molecule has 0 fully saturated rings. The summed E-state index contributed by atoms with van der Waals surface area (Å²) in [6.07, 6.45) is 0. The Morgan fingerprint density at radius 1 is 0.727 bits per heavy atom. The summed E-state index contributed by atoms with van der Waals surface area (Å²) < 4.78 is 0. The van der Waals surface area contributed by atoms with Crippen LogP contribution in [0, 0.1) is 0 Å². The third kappa shape index (κ3) is 8.85. The van der Waals surface area contributed by atoms with Crippen LogP contribution in [-0.2, 0) is 32.7 Å². The molecule has 0 aliphatic carbocycles. The molecule has 0 aromatic carbocycles. The molecule has 0 bridgehead atoms. The Hall–Kier alpha value is 0.944. The van der Waals surface area contributed by atoms with Crippen LogP contribution >= 0.6 is 0 Å². The molecule has 11 heavy (non-hydrogen) atoms. The Kier molecular flexibility index (Phi) is 14.4. The van der Waals surface area contributed by atoms with Crippen molar-refractivity contribution in [2.75, 3.05) is 39.5 Å². The number of hydrogen-bond donors (Lipinski definition) is 3. The average molecular weight is 238 g/mol. The van der Waals surface area contributed by atoms with E-state index in [0.717, 1.165) is 0 Å². The normalized spacial score (nSPS) is 9.82. The zero-order chi connectivity index (χ0) is 7.82. The summed E-state index contributed by atoms with van der Waals surface area (Å²) in [5, 5.41) is 25.5. The molecule has 1 radical (unpaired) electrons. The molecule has 0 rings (SSSR count). The van der Waals surface area contributed by atoms with Crippen molar-refractivity contribution in [3.05, 3.63) is 0 Å². The van der Waals surface area contributed by atoms with Gasteiger partial charge >= 0.3 is 0 Å². The molecule has 0 saturated heterocycles. The van der Waals surface area contributed by atoms with Crippen molar-refractivity contribution in [2.24, 2.45) is 0 Å². The van der Waals surface area contributed by atoms with E-state index < -0.39 is 0 Å². The van der Waals surface area contributed by atoms with Gasteiger partial charge in [0, 0.05) is 52.3 Å². The van der Waals surface area contributed by atoms with Gasteiger partial charge < -0.3 is 15.3 Å². The molecular weight excluding hydrogens is 223 g/mol. The van der Waals surface area contributed by atoms with Gasteiger partial charge in [0.25, 0.3) is 0 Å². The second-order valence-electron chi connectivity index (χ2n) is 2.01. The van der Waals surface area contributed by atoms with Gasteiger partial charge in [-0.25, -0.2) is 0 Å². The van der Waals surface area contributed by atoms with Gasteiger partial charge in [-0.15, -0.1) is 0 Å². The van der Waals surface area contributed by atoms with Crippen LogP contribution in [0.5, 0.6) is 0 Å². The fraction of sp³-hybridized carbons (Fsp3) is 1.00. The molecule has 4 nitrogen and oxygen atoms in total. The van der Waals surface area contributed by atoms with E-state index >= 15 is 0 Å². The van der Waals surface area contributed by atoms with Gasteiger partial charge in [-0.1, -0.05) is 0 Å². The Morgan fingerprint density at radius 2 is 1.00 bits per heavy atom. The molecule has 0 spiro atoms. The fourth-order valence-electron chi connectivity index (χ4n) is 0.760. The molecule has 0 amide bonds. The Balaban J connectivity index is 0. The largest absolute Gasteiger partial charge is 0.395 e. The minimum absolute atomic E-state index is 0. The summed E-state index contributed by atoms with van der Waals surface area (Å²) in [6, 6.07) is 0. The topological polar surface area (TPSA) is 63.9 Å². The molecule has 0 atom stereocenters. The van der Waals surface area contributed by atoms with Crippen molar-refractivity contribution in [1.29, 1.82) is 0 Å². The molecule has 0 aromatic rings. The van der Waals surface area contributed by atoms with Gasteiger partial charge in [-0.2, -0.15) is 0 Å². The van der Waals surface area contributed by atoms with Crippen molar-refractivity contribution in [1.82, 2.24) is 4.90 Å². The number of aliphatic hydroxyl groups is 3. The first-order valence-corrected chi connectivity index (χ1v) is 3.40. The summed E-state index contributed by atoms with van der Waals surface area (Å²) in [5.74, 6) is 0. The van der Waals surface area contributed by atoms with E-state index in [0.29, 0.717) is 19.6 Å². The van der Waals surface area contributed by atoms with Crippen LogP contribution in [0.2, 0.25) is 0 Å². The van der Waals surface area contributed by atoms with Crippen LogP contribution in [0.15, 0.2) is 0 Å². The summed E-state index contributed by atoms with van der Waals surface area (Å²) >= 11 is 0. The Bertz CT molecular complexity index is 60.6. The fourth-order valence-corrected chi connectivity index (χ4v) is 0.760. The first-order valence-electron chi connectivity index (χ1n) is 3.40. The van der Waals surface area contributed by atoms with Crippen LogP contribution in [0.1, 0.15) is 0 Å². The zero-order valence-corrected chi connectivity index (χ0v) is 9.45. The maximum Gasteiger partial charge on any atom is 0.0558 e. The van der Waals surface area contributed by atoms with Crippen molar-refractivity contribution >= 4 is 0 Å². The Morgan fingerprint density at radius 3 is 1.18 bits per heavy atom. The predicted molar refractivity (Wildman–Crippen MR) is 37.7 cm³/mol. The molecule has 0 aliphatic heterocycles. The van der Waals surface area contributed by atoms with Gasteiger partial charge in [-0.3, -0.25) is 4.90 Å². The second kappa shape index (κ2) is 10.9. The van der Waals surface area contributed by atoms with Crippen LogP contribution in [0.3, 0.4) is 0 Å². The van der Waals surface area contributed by atoms with Crippen molar-refractivity contribution in [3.63, 3.8) is 0 Å². The third-order valence-electron chi connectivity index (χ3n) is 1.25. The van der Waals surface area contributed by atoms with E-state index in [1.165, 1.54) is 0 Å². The molecule has 0 heterocycles. The van der Waals surface area contributed by atoms with E-state index in [1.807, 2.05) is 0 Å². The summed E-state index contributed by atoms with van der Waals surface area (Å²) in [5.41, 5.74) is 0. The molecule has 0 unspecified atom stereocenters. The van der Waals surface area contributed by atoms with Gasteiger partial charge in [0.05, 0.1) is 19.8 Å².